The SMILES string of the molecule is CC(C)(C)c1ccc(C(=CCCCCCC(=O)N2CCOCC2)c2ccnc(Cl)c2)cc1. The van der Waals surface area contributed by atoms with Gasteiger partial charge in [0.05, 0.1) is 13.2 Å². The number of hydrogen-bond acceptors (Lipinski definition) is 3. The molecular weight excluding hydrogens is 420 g/mol. The second-order valence-electron chi connectivity index (χ2n) is 9.40. The Morgan fingerprint density at radius 2 is 1.78 bits per heavy atom. The van der Waals surface area contributed by atoms with E-state index in [2.05, 4.69) is 56.1 Å². The van der Waals surface area contributed by atoms with Crippen LogP contribution in [0.15, 0.2) is 48.7 Å². The minimum Gasteiger partial charge on any atom is -0.378 e. The number of aromatic nitrogens is 1. The smallest absolute Gasteiger partial charge is 0.222 e. The molecule has 1 aliphatic rings. The second kappa shape index (κ2) is 11.6. The van der Waals surface area contributed by atoms with Crippen molar-refractivity contribution in [3.05, 3.63) is 70.5 Å². The van der Waals surface area contributed by atoms with E-state index >= 15 is 0 Å². The van der Waals surface area contributed by atoms with Crippen molar-refractivity contribution < 1.29 is 9.53 Å². The summed E-state index contributed by atoms with van der Waals surface area (Å²) in [7, 11) is 0. The van der Waals surface area contributed by atoms with E-state index in [4.69, 9.17) is 16.3 Å². The van der Waals surface area contributed by atoms with E-state index < -0.39 is 0 Å². The Bertz CT molecular complexity index is 910. The highest BCUT2D eigenvalue weighted by Crippen LogP contribution is 2.29. The number of carbonyl (C=O) groups is 1. The van der Waals surface area contributed by atoms with Crippen LogP contribution in [-0.4, -0.2) is 42.1 Å². The van der Waals surface area contributed by atoms with Crippen molar-refractivity contribution in [3.63, 3.8) is 0 Å². The number of pyridine rings is 1. The molecule has 0 unspecified atom stereocenters. The summed E-state index contributed by atoms with van der Waals surface area (Å²) < 4.78 is 5.32. The van der Waals surface area contributed by atoms with Crippen LogP contribution in [0.25, 0.3) is 5.57 Å². The standard InChI is InChI=1S/C27H35ClN2O2/c1-27(2,3)23-12-10-21(11-13-23)24(22-14-15-29-25(28)20-22)8-6-4-5-7-9-26(31)30-16-18-32-19-17-30/h8,10-15,20H,4-7,9,16-19H2,1-3H3. The van der Waals surface area contributed by atoms with Gasteiger partial charge in [0.15, 0.2) is 0 Å². The Balaban J connectivity index is 1.60. The van der Waals surface area contributed by atoms with Crippen LogP contribution in [0.4, 0.5) is 0 Å². The molecule has 1 saturated heterocycles. The molecule has 1 fully saturated rings. The first-order valence-electron chi connectivity index (χ1n) is 11.6. The van der Waals surface area contributed by atoms with Crippen molar-refractivity contribution in [1.82, 2.24) is 9.88 Å². The fraction of sp³-hybridized carbons (Fsp3) is 0.481. The molecule has 1 aliphatic heterocycles. The van der Waals surface area contributed by atoms with Crippen LogP contribution >= 0.6 is 11.6 Å². The minimum absolute atomic E-state index is 0.126. The summed E-state index contributed by atoms with van der Waals surface area (Å²) in [5, 5.41) is 0.501. The highest BCUT2D eigenvalue weighted by atomic mass is 35.5. The third-order valence-corrected chi connectivity index (χ3v) is 6.11. The van der Waals surface area contributed by atoms with E-state index in [9.17, 15) is 4.79 Å². The normalized spacial score (nSPS) is 15.1. The Morgan fingerprint density at radius 1 is 1.06 bits per heavy atom. The van der Waals surface area contributed by atoms with Gasteiger partial charge in [0, 0.05) is 25.7 Å². The van der Waals surface area contributed by atoms with Crippen molar-refractivity contribution in [2.75, 3.05) is 26.3 Å². The Kier molecular flexibility index (Phi) is 8.89. The molecule has 0 N–H and O–H groups in total. The van der Waals surface area contributed by atoms with Gasteiger partial charge >= 0.3 is 0 Å². The molecule has 0 atom stereocenters. The number of rotatable bonds is 8. The van der Waals surface area contributed by atoms with E-state index in [1.807, 2.05) is 17.0 Å². The summed E-state index contributed by atoms with van der Waals surface area (Å²) in [6.07, 6.45) is 8.67. The zero-order valence-corrected chi connectivity index (χ0v) is 20.3. The maximum absolute atomic E-state index is 12.3. The Morgan fingerprint density at radius 3 is 2.44 bits per heavy atom. The number of amides is 1. The molecule has 5 heteroatoms. The molecule has 172 valence electrons. The second-order valence-corrected chi connectivity index (χ2v) is 9.79. The number of allylic oxidation sites excluding steroid dienone is 1. The average molecular weight is 455 g/mol. The van der Waals surface area contributed by atoms with E-state index in [-0.39, 0.29) is 11.3 Å². The maximum atomic E-state index is 12.3. The predicted octanol–water partition coefficient (Wildman–Crippen LogP) is 6.27. The fourth-order valence-electron chi connectivity index (χ4n) is 3.94. The van der Waals surface area contributed by atoms with Gasteiger partial charge in [-0.3, -0.25) is 4.79 Å². The van der Waals surface area contributed by atoms with Gasteiger partial charge in [0.25, 0.3) is 0 Å². The number of halogens is 1. The maximum Gasteiger partial charge on any atom is 0.222 e. The Labute approximate surface area is 197 Å². The summed E-state index contributed by atoms with van der Waals surface area (Å²) in [5.41, 5.74) is 4.89. The molecule has 0 bridgehead atoms. The third kappa shape index (κ3) is 7.18. The molecular formula is C27H35ClN2O2. The predicted molar refractivity (Wildman–Crippen MR) is 132 cm³/mol. The summed E-state index contributed by atoms with van der Waals surface area (Å²) >= 11 is 6.18. The zero-order chi connectivity index (χ0) is 23.0. The van der Waals surface area contributed by atoms with E-state index in [1.54, 1.807) is 6.20 Å². The van der Waals surface area contributed by atoms with E-state index in [1.165, 1.54) is 16.7 Å². The number of ether oxygens (including phenoxy) is 1. The quantitative estimate of drug-likeness (QED) is 0.348. The largest absolute Gasteiger partial charge is 0.378 e. The molecule has 1 aromatic carbocycles. The van der Waals surface area contributed by atoms with Gasteiger partial charge in [-0.05, 0) is 59.1 Å². The lowest BCUT2D eigenvalue weighted by molar-refractivity contribution is -0.135. The number of benzene rings is 1. The number of morpholine rings is 1. The van der Waals surface area contributed by atoms with Gasteiger partial charge in [-0.15, -0.1) is 0 Å². The van der Waals surface area contributed by atoms with Crippen LogP contribution < -0.4 is 0 Å². The van der Waals surface area contributed by atoms with Gasteiger partial charge in [-0.2, -0.15) is 0 Å². The van der Waals surface area contributed by atoms with Crippen molar-refractivity contribution in [2.45, 2.75) is 58.3 Å². The third-order valence-electron chi connectivity index (χ3n) is 5.91. The van der Waals surface area contributed by atoms with Crippen LogP contribution in [0.5, 0.6) is 0 Å². The molecule has 32 heavy (non-hydrogen) atoms. The van der Waals surface area contributed by atoms with E-state index in [0.717, 1.165) is 44.3 Å². The summed E-state index contributed by atoms with van der Waals surface area (Å²) in [5.74, 6) is 0.259. The van der Waals surface area contributed by atoms with Crippen LogP contribution in [-0.2, 0) is 14.9 Å². The molecule has 2 aromatic rings. The Hall–Kier alpha value is -2.17. The highest BCUT2D eigenvalue weighted by Gasteiger charge is 2.16. The summed E-state index contributed by atoms with van der Waals surface area (Å²) in [6, 6.07) is 12.7. The molecule has 0 aliphatic carbocycles. The first-order chi connectivity index (χ1) is 15.3. The van der Waals surface area contributed by atoms with Crippen molar-refractivity contribution >= 4 is 23.1 Å². The minimum atomic E-state index is 0.126. The van der Waals surface area contributed by atoms with E-state index in [0.29, 0.717) is 24.8 Å². The average Bonchev–Trinajstić information content (AvgIpc) is 2.78. The van der Waals surface area contributed by atoms with Gasteiger partial charge in [-0.1, -0.05) is 69.1 Å². The molecule has 0 radical (unpaired) electrons. The van der Waals surface area contributed by atoms with Crippen molar-refractivity contribution in [2.24, 2.45) is 0 Å². The number of hydrogen-bond donors (Lipinski definition) is 0. The van der Waals surface area contributed by atoms with Gasteiger partial charge in [0.2, 0.25) is 5.91 Å². The number of carbonyl (C=O) groups excluding carboxylic acids is 1. The first-order valence-corrected chi connectivity index (χ1v) is 12.0. The van der Waals surface area contributed by atoms with Gasteiger partial charge in [-0.25, -0.2) is 4.98 Å². The topological polar surface area (TPSA) is 42.4 Å². The molecule has 0 spiro atoms. The van der Waals surface area contributed by atoms with Crippen molar-refractivity contribution in [3.8, 4) is 0 Å². The lowest BCUT2D eigenvalue weighted by Gasteiger charge is -2.26. The molecule has 3 rings (SSSR count). The molecule has 1 aromatic heterocycles. The number of unbranched alkanes of at least 4 members (excludes halogenated alkanes) is 3. The lowest BCUT2D eigenvalue weighted by Crippen LogP contribution is -2.40. The van der Waals surface area contributed by atoms with Gasteiger partial charge < -0.3 is 9.64 Å². The molecule has 4 nitrogen and oxygen atoms in total. The fourth-order valence-corrected chi connectivity index (χ4v) is 4.11. The summed E-state index contributed by atoms with van der Waals surface area (Å²) in [6.45, 7) is 9.46. The number of nitrogens with zero attached hydrogens (tertiary/aromatic N) is 2. The first kappa shape index (κ1) is 24.5. The highest BCUT2D eigenvalue weighted by molar-refractivity contribution is 6.29. The van der Waals surface area contributed by atoms with Crippen LogP contribution in [0.3, 0.4) is 0 Å². The van der Waals surface area contributed by atoms with Crippen LogP contribution in [0.1, 0.15) is 69.6 Å². The molecule has 0 saturated carbocycles. The van der Waals surface area contributed by atoms with Crippen LogP contribution in [0, 0.1) is 0 Å². The molecule has 1 amide bonds. The van der Waals surface area contributed by atoms with Crippen molar-refractivity contribution in [1.29, 1.82) is 0 Å². The summed E-state index contributed by atoms with van der Waals surface area (Å²) in [4.78, 5) is 18.3. The lowest BCUT2D eigenvalue weighted by atomic mass is 9.85. The zero-order valence-electron chi connectivity index (χ0n) is 19.6. The monoisotopic (exact) mass is 454 g/mol. The van der Waals surface area contributed by atoms with Gasteiger partial charge in [0.1, 0.15) is 5.15 Å². The molecule has 2 heterocycles. The van der Waals surface area contributed by atoms with Crippen LogP contribution in [0.2, 0.25) is 5.15 Å².